The first-order valence-corrected chi connectivity index (χ1v) is 8.80. The maximum atomic E-state index is 6.29. The van der Waals surface area contributed by atoms with E-state index in [1.165, 1.54) is 44.3 Å². The number of rotatable bonds is 3. The second-order valence-electron chi connectivity index (χ2n) is 7.45. The molecule has 0 aromatic heterocycles. The molecule has 22 heavy (non-hydrogen) atoms. The molecule has 2 aliphatic heterocycles. The number of allylic oxidation sites excluding steroid dienone is 2. The Morgan fingerprint density at radius 3 is 2.59 bits per heavy atom. The van der Waals surface area contributed by atoms with Gasteiger partial charge in [0.2, 0.25) is 0 Å². The quantitative estimate of drug-likeness (QED) is 0.734. The Bertz CT molecular complexity index is 381. The van der Waals surface area contributed by atoms with E-state index in [0.717, 1.165) is 13.2 Å². The van der Waals surface area contributed by atoms with Crippen LogP contribution in [0, 0.1) is 17.8 Å². The van der Waals surface area contributed by atoms with E-state index in [1.807, 2.05) is 0 Å². The fraction of sp³-hybridized carbons (Fsp3) is 0.889. The van der Waals surface area contributed by atoms with Crippen molar-refractivity contribution in [3.05, 3.63) is 11.6 Å². The van der Waals surface area contributed by atoms with Crippen molar-refractivity contribution in [3.8, 4) is 0 Å². The van der Waals surface area contributed by atoms with E-state index in [9.17, 15) is 0 Å². The minimum Gasteiger partial charge on any atom is -0.350 e. The molecule has 2 saturated heterocycles. The van der Waals surface area contributed by atoms with Gasteiger partial charge >= 0.3 is 0 Å². The number of ether oxygens (including phenoxy) is 2. The molecular weight excluding hydrogens is 298 g/mol. The minimum atomic E-state index is 0. The highest BCUT2D eigenvalue weighted by Gasteiger charge is 2.40. The van der Waals surface area contributed by atoms with Gasteiger partial charge in [-0.3, -0.25) is 0 Å². The molecule has 2 fully saturated rings. The number of hydrogen-bond acceptors (Lipinski definition) is 3. The number of hydrogen-bond donors (Lipinski definition) is 0. The van der Waals surface area contributed by atoms with Gasteiger partial charge in [0, 0.05) is 12.5 Å². The van der Waals surface area contributed by atoms with Crippen molar-refractivity contribution in [1.29, 1.82) is 0 Å². The van der Waals surface area contributed by atoms with Crippen molar-refractivity contribution in [2.24, 2.45) is 17.8 Å². The maximum absolute atomic E-state index is 6.29. The molecule has 3 rings (SSSR count). The Balaban J connectivity index is 0.00000176. The largest absolute Gasteiger partial charge is 0.350 e. The SMILES string of the molecule is CC1=CC(C)C(C2OCC(CN3CCCCC3)O2)C(C)C1.Cl. The summed E-state index contributed by atoms with van der Waals surface area (Å²) in [6.45, 7) is 11.2. The van der Waals surface area contributed by atoms with E-state index in [-0.39, 0.29) is 24.8 Å². The van der Waals surface area contributed by atoms with Crippen molar-refractivity contribution in [2.45, 2.75) is 58.8 Å². The number of nitrogens with zero attached hydrogens (tertiary/aromatic N) is 1. The van der Waals surface area contributed by atoms with E-state index < -0.39 is 0 Å². The third-order valence-electron chi connectivity index (χ3n) is 5.45. The number of piperidine rings is 1. The topological polar surface area (TPSA) is 21.7 Å². The van der Waals surface area contributed by atoms with Crippen LogP contribution in [-0.4, -0.2) is 43.5 Å². The van der Waals surface area contributed by atoms with E-state index in [4.69, 9.17) is 9.47 Å². The Hall–Kier alpha value is -0.0900. The first-order chi connectivity index (χ1) is 10.1. The molecule has 1 aliphatic carbocycles. The average Bonchev–Trinajstić information content (AvgIpc) is 2.87. The number of likely N-dealkylation sites (tertiary alicyclic amines) is 1. The van der Waals surface area contributed by atoms with Crippen molar-refractivity contribution in [1.82, 2.24) is 4.90 Å². The number of halogens is 1. The van der Waals surface area contributed by atoms with Crippen LogP contribution in [0.3, 0.4) is 0 Å². The molecule has 128 valence electrons. The summed E-state index contributed by atoms with van der Waals surface area (Å²) in [5.41, 5.74) is 1.52. The van der Waals surface area contributed by atoms with Crippen molar-refractivity contribution in [3.63, 3.8) is 0 Å². The minimum absolute atomic E-state index is 0. The lowest BCUT2D eigenvalue weighted by Gasteiger charge is -2.36. The van der Waals surface area contributed by atoms with Gasteiger partial charge in [0.1, 0.15) is 0 Å². The molecule has 5 unspecified atom stereocenters. The molecular formula is C18H32ClNO2. The maximum Gasteiger partial charge on any atom is 0.161 e. The fourth-order valence-electron chi connectivity index (χ4n) is 4.50. The highest BCUT2D eigenvalue weighted by Crippen LogP contribution is 2.39. The van der Waals surface area contributed by atoms with E-state index in [1.54, 1.807) is 0 Å². The third kappa shape index (κ3) is 4.25. The summed E-state index contributed by atoms with van der Waals surface area (Å²) in [4.78, 5) is 2.55. The molecule has 2 heterocycles. The Morgan fingerprint density at radius 2 is 1.91 bits per heavy atom. The second-order valence-corrected chi connectivity index (χ2v) is 7.45. The Labute approximate surface area is 141 Å². The van der Waals surface area contributed by atoms with Crippen molar-refractivity contribution >= 4 is 12.4 Å². The van der Waals surface area contributed by atoms with Crippen LogP contribution in [0.4, 0.5) is 0 Å². The Morgan fingerprint density at radius 1 is 1.18 bits per heavy atom. The zero-order chi connectivity index (χ0) is 14.8. The smallest absolute Gasteiger partial charge is 0.161 e. The first kappa shape index (κ1) is 18.3. The van der Waals surface area contributed by atoms with Gasteiger partial charge in [-0.1, -0.05) is 31.9 Å². The summed E-state index contributed by atoms with van der Waals surface area (Å²) in [7, 11) is 0. The predicted molar refractivity (Wildman–Crippen MR) is 92.3 cm³/mol. The Kier molecular flexibility index (Phi) is 6.75. The lowest BCUT2D eigenvalue weighted by atomic mass is 9.74. The van der Waals surface area contributed by atoms with Gasteiger partial charge in [-0.25, -0.2) is 0 Å². The van der Waals surface area contributed by atoms with Gasteiger partial charge in [-0.2, -0.15) is 0 Å². The summed E-state index contributed by atoms with van der Waals surface area (Å²) in [5.74, 6) is 1.73. The standard InChI is InChI=1S/C18H31NO2.ClH/c1-13-9-14(2)17(15(3)10-13)18-20-12-16(21-18)11-19-7-5-4-6-8-19;/h9,14-18H,4-8,10-12H2,1-3H3;1H. The highest BCUT2D eigenvalue weighted by atomic mass is 35.5. The predicted octanol–water partition coefficient (Wildman–Crippen LogP) is 3.87. The van der Waals surface area contributed by atoms with Crippen LogP contribution in [0.5, 0.6) is 0 Å². The summed E-state index contributed by atoms with van der Waals surface area (Å²) >= 11 is 0. The van der Waals surface area contributed by atoms with Crippen LogP contribution in [0.15, 0.2) is 11.6 Å². The van der Waals surface area contributed by atoms with Crippen LogP contribution in [0.2, 0.25) is 0 Å². The summed E-state index contributed by atoms with van der Waals surface area (Å²) in [6, 6.07) is 0. The van der Waals surface area contributed by atoms with E-state index in [0.29, 0.717) is 17.8 Å². The van der Waals surface area contributed by atoms with Gasteiger partial charge in [0.25, 0.3) is 0 Å². The second kappa shape index (κ2) is 8.14. The molecule has 0 spiro atoms. The lowest BCUT2D eigenvalue weighted by molar-refractivity contribution is -0.123. The zero-order valence-corrected chi connectivity index (χ0v) is 15.1. The monoisotopic (exact) mass is 329 g/mol. The molecule has 0 saturated carbocycles. The van der Waals surface area contributed by atoms with Gasteiger partial charge < -0.3 is 14.4 Å². The van der Waals surface area contributed by atoms with Crippen molar-refractivity contribution < 1.29 is 9.47 Å². The van der Waals surface area contributed by atoms with Crippen molar-refractivity contribution in [2.75, 3.05) is 26.2 Å². The highest BCUT2D eigenvalue weighted by molar-refractivity contribution is 5.85. The molecule has 0 amide bonds. The van der Waals surface area contributed by atoms with Crippen LogP contribution in [-0.2, 0) is 9.47 Å². The molecule has 5 atom stereocenters. The normalized spacial score (nSPS) is 40.1. The molecule has 3 nitrogen and oxygen atoms in total. The van der Waals surface area contributed by atoms with Crippen LogP contribution in [0.1, 0.15) is 46.5 Å². The molecule has 0 bridgehead atoms. The molecule has 0 N–H and O–H groups in total. The summed E-state index contributed by atoms with van der Waals surface area (Å²) in [5, 5.41) is 0. The fourth-order valence-corrected chi connectivity index (χ4v) is 4.50. The molecule has 0 radical (unpaired) electrons. The third-order valence-corrected chi connectivity index (χ3v) is 5.45. The van der Waals surface area contributed by atoms with Crippen LogP contribution in [0.25, 0.3) is 0 Å². The first-order valence-electron chi connectivity index (χ1n) is 8.80. The van der Waals surface area contributed by atoms with Gasteiger partial charge in [-0.15, -0.1) is 12.4 Å². The average molecular weight is 330 g/mol. The zero-order valence-electron chi connectivity index (χ0n) is 14.3. The molecule has 0 aromatic carbocycles. The summed E-state index contributed by atoms with van der Waals surface area (Å²) in [6.07, 6.45) is 7.97. The van der Waals surface area contributed by atoms with E-state index in [2.05, 4.69) is 31.7 Å². The van der Waals surface area contributed by atoms with Gasteiger partial charge in [0.15, 0.2) is 6.29 Å². The molecule has 0 aromatic rings. The van der Waals surface area contributed by atoms with Crippen LogP contribution >= 0.6 is 12.4 Å². The summed E-state index contributed by atoms with van der Waals surface area (Å²) < 4.78 is 12.3. The van der Waals surface area contributed by atoms with Gasteiger partial charge in [-0.05, 0) is 51.1 Å². The van der Waals surface area contributed by atoms with Gasteiger partial charge in [0.05, 0.1) is 12.7 Å². The molecule has 3 aliphatic rings. The molecule has 4 heteroatoms. The van der Waals surface area contributed by atoms with E-state index >= 15 is 0 Å². The lowest BCUT2D eigenvalue weighted by Crippen LogP contribution is -2.39. The van der Waals surface area contributed by atoms with Crippen LogP contribution < -0.4 is 0 Å².